The van der Waals surface area contributed by atoms with Gasteiger partial charge in [-0.2, -0.15) is 9.57 Å². The minimum absolute atomic E-state index is 0.0277. The summed E-state index contributed by atoms with van der Waals surface area (Å²) in [6.07, 6.45) is 0.428. The fraction of sp³-hybridized carbons (Fsp3) is 0.500. The van der Waals surface area contributed by atoms with Crippen LogP contribution in [-0.2, 0) is 14.8 Å². The number of sulfonamides is 1. The number of nitrogens with zero attached hydrogens (tertiary/aromatic N) is 4. The van der Waals surface area contributed by atoms with Crippen molar-refractivity contribution in [2.75, 3.05) is 46.8 Å². The Morgan fingerprint density at radius 2 is 1.83 bits per heavy atom. The van der Waals surface area contributed by atoms with Crippen LogP contribution in [0.3, 0.4) is 0 Å². The molecule has 1 aliphatic heterocycles. The number of rotatable bonds is 5. The highest BCUT2D eigenvalue weighted by Crippen LogP contribution is 2.21. The van der Waals surface area contributed by atoms with E-state index in [2.05, 4.69) is 0 Å². The largest absolute Gasteiger partial charge is 0.340 e. The monoisotopic (exact) mass is 350 g/mol. The van der Waals surface area contributed by atoms with Gasteiger partial charge in [-0.3, -0.25) is 4.79 Å². The van der Waals surface area contributed by atoms with Gasteiger partial charge in [0.2, 0.25) is 15.9 Å². The molecule has 1 aromatic rings. The topological polar surface area (TPSA) is 84.7 Å². The molecular weight excluding hydrogens is 328 g/mol. The molecule has 2 rings (SSSR count). The molecule has 1 saturated heterocycles. The van der Waals surface area contributed by atoms with Crippen molar-refractivity contribution in [2.24, 2.45) is 0 Å². The normalized spacial score (nSPS) is 16.2. The molecule has 1 aliphatic rings. The lowest BCUT2D eigenvalue weighted by Gasteiger charge is -2.34. The van der Waals surface area contributed by atoms with Crippen LogP contribution in [0.2, 0.25) is 0 Å². The molecule has 130 valence electrons. The van der Waals surface area contributed by atoms with Crippen molar-refractivity contribution < 1.29 is 13.2 Å². The molecule has 0 radical (unpaired) electrons. The second-order valence-electron chi connectivity index (χ2n) is 5.95. The second-order valence-corrected chi connectivity index (χ2v) is 7.85. The van der Waals surface area contributed by atoms with E-state index in [0.717, 1.165) is 0 Å². The Kier molecular flexibility index (Phi) is 5.94. The molecule has 1 aromatic carbocycles. The maximum Gasteiger partial charge on any atom is 0.244 e. The number of carbonyl (C=O) groups excluding carboxylic acids is 1. The zero-order valence-corrected chi connectivity index (χ0v) is 14.8. The molecule has 0 unspecified atom stereocenters. The van der Waals surface area contributed by atoms with Crippen LogP contribution in [0.15, 0.2) is 29.2 Å². The Labute approximate surface area is 143 Å². The fourth-order valence-electron chi connectivity index (χ4n) is 2.58. The van der Waals surface area contributed by atoms with E-state index in [4.69, 9.17) is 5.26 Å². The minimum Gasteiger partial charge on any atom is -0.340 e. The molecule has 7 nitrogen and oxygen atoms in total. The third kappa shape index (κ3) is 4.12. The number of nitriles is 1. The minimum atomic E-state index is -3.72. The van der Waals surface area contributed by atoms with E-state index < -0.39 is 10.0 Å². The Bertz CT molecular complexity index is 732. The van der Waals surface area contributed by atoms with Crippen LogP contribution in [-0.4, -0.2) is 75.2 Å². The smallest absolute Gasteiger partial charge is 0.244 e. The molecule has 0 saturated carbocycles. The average Bonchev–Trinajstić information content (AvgIpc) is 2.59. The second kappa shape index (κ2) is 7.75. The fourth-order valence-corrected chi connectivity index (χ4v) is 4.14. The first-order chi connectivity index (χ1) is 11.4. The number of benzene rings is 1. The molecule has 0 aromatic heterocycles. The molecule has 0 aliphatic carbocycles. The first kappa shape index (κ1) is 18.4. The Morgan fingerprint density at radius 3 is 2.42 bits per heavy atom. The third-order valence-electron chi connectivity index (χ3n) is 3.99. The first-order valence-corrected chi connectivity index (χ1v) is 9.22. The van der Waals surface area contributed by atoms with Crippen LogP contribution >= 0.6 is 0 Å². The van der Waals surface area contributed by atoms with Crippen molar-refractivity contribution in [2.45, 2.75) is 11.3 Å². The van der Waals surface area contributed by atoms with Gasteiger partial charge < -0.3 is 9.80 Å². The molecule has 0 spiro atoms. The zero-order valence-electron chi connectivity index (χ0n) is 14.0. The van der Waals surface area contributed by atoms with Gasteiger partial charge in [0.05, 0.1) is 10.5 Å². The van der Waals surface area contributed by atoms with Crippen LogP contribution in [0.1, 0.15) is 12.0 Å². The van der Waals surface area contributed by atoms with Crippen LogP contribution in [0, 0.1) is 11.3 Å². The van der Waals surface area contributed by atoms with Gasteiger partial charge in [0, 0.05) is 39.1 Å². The highest BCUT2D eigenvalue weighted by Gasteiger charge is 2.31. The van der Waals surface area contributed by atoms with Gasteiger partial charge in [0.1, 0.15) is 6.07 Å². The predicted molar refractivity (Wildman–Crippen MR) is 89.7 cm³/mol. The van der Waals surface area contributed by atoms with Crippen molar-refractivity contribution in [3.8, 4) is 6.07 Å². The summed E-state index contributed by atoms with van der Waals surface area (Å²) in [7, 11) is 0.0993. The van der Waals surface area contributed by atoms with Gasteiger partial charge in [-0.05, 0) is 26.2 Å². The van der Waals surface area contributed by atoms with Gasteiger partial charge >= 0.3 is 0 Å². The van der Waals surface area contributed by atoms with Crippen molar-refractivity contribution in [3.05, 3.63) is 29.8 Å². The molecule has 0 N–H and O–H groups in total. The van der Waals surface area contributed by atoms with Gasteiger partial charge in [-0.25, -0.2) is 8.42 Å². The number of carbonyl (C=O) groups is 1. The third-order valence-corrected chi connectivity index (χ3v) is 5.95. The van der Waals surface area contributed by atoms with Crippen molar-refractivity contribution in [3.63, 3.8) is 0 Å². The quantitative estimate of drug-likeness (QED) is 0.765. The van der Waals surface area contributed by atoms with E-state index in [0.29, 0.717) is 26.1 Å². The summed E-state index contributed by atoms with van der Waals surface area (Å²) in [6, 6.07) is 8.10. The SMILES string of the molecule is CN(C)CCC(=O)N1CCN(S(=O)(=O)c2ccccc2C#N)CC1. The van der Waals surface area contributed by atoms with Gasteiger partial charge in [-0.1, -0.05) is 12.1 Å². The molecule has 24 heavy (non-hydrogen) atoms. The number of piperazine rings is 1. The summed E-state index contributed by atoms with van der Waals surface area (Å²) in [5, 5.41) is 9.11. The van der Waals surface area contributed by atoms with Crippen molar-refractivity contribution in [1.82, 2.24) is 14.1 Å². The number of hydrogen-bond donors (Lipinski definition) is 0. The van der Waals surface area contributed by atoms with E-state index in [9.17, 15) is 13.2 Å². The first-order valence-electron chi connectivity index (χ1n) is 7.78. The lowest BCUT2D eigenvalue weighted by molar-refractivity contribution is -0.132. The molecule has 8 heteroatoms. The summed E-state index contributed by atoms with van der Waals surface area (Å²) in [4.78, 5) is 15.8. The van der Waals surface area contributed by atoms with Crippen molar-refractivity contribution in [1.29, 1.82) is 5.26 Å². The molecule has 1 fully saturated rings. The summed E-state index contributed by atoms with van der Waals surface area (Å²) < 4.78 is 26.8. The van der Waals surface area contributed by atoms with Gasteiger partial charge in [0.15, 0.2) is 0 Å². The van der Waals surface area contributed by atoms with Crippen molar-refractivity contribution >= 4 is 15.9 Å². The molecule has 1 heterocycles. The standard InChI is InChI=1S/C16H22N4O3S/c1-18(2)8-7-16(21)19-9-11-20(12-10-19)24(22,23)15-6-4-3-5-14(15)13-17/h3-6H,7-12H2,1-2H3. The van der Waals surface area contributed by atoms with E-state index in [1.165, 1.54) is 16.4 Å². The van der Waals surface area contributed by atoms with Crippen LogP contribution in [0.5, 0.6) is 0 Å². The number of hydrogen-bond acceptors (Lipinski definition) is 5. The summed E-state index contributed by atoms with van der Waals surface area (Å²) in [6.45, 7) is 1.92. The molecule has 0 atom stereocenters. The maximum atomic E-state index is 12.7. The molecule has 0 bridgehead atoms. The molecule has 1 amide bonds. The summed E-state index contributed by atoms with van der Waals surface area (Å²) in [5.74, 6) is 0.0400. The van der Waals surface area contributed by atoms with Gasteiger partial charge in [0.25, 0.3) is 0 Å². The van der Waals surface area contributed by atoms with Crippen LogP contribution < -0.4 is 0 Å². The highest BCUT2D eigenvalue weighted by atomic mass is 32.2. The van der Waals surface area contributed by atoms with E-state index in [1.54, 1.807) is 17.0 Å². The Balaban J connectivity index is 2.04. The highest BCUT2D eigenvalue weighted by molar-refractivity contribution is 7.89. The average molecular weight is 350 g/mol. The Morgan fingerprint density at radius 1 is 1.21 bits per heavy atom. The molecular formula is C16H22N4O3S. The van der Waals surface area contributed by atoms with Crippen LogP contribution in [0.4, 0.5) is 0 Å². The van der Waals surface area contributed by atoms with Crippen LogP contribution in [0.25, 0.3) is 0 Å². The van der Waals surface area contributed by atoms with E-state index in [1.807, 2.05) is 25.1 Å². The summed E-state index contributed by atoms with van der Waals surface area (Å²) >= 11 is 0. The zero-order chi connectivity index (χ0) is 17.7. The Hall–Kier alpha value is -1.95. The van der Waals surface area contributed by atoms with E-state index >= 15 is 0 Å². The number of amides is 1. The summed E-state index contributed by atoms with van der Waals surface area (Å²) in [5.41, 5.74) is 0.141. The van der Waals surface area contributed by atoms with Gasteiger partial charge in [-0.15, -0.1) is 0 Å². The maximum absolute atomic E-state index is 12.7. The van der Waals surface area contributed by atoms with E-state index in [-0.39, 0.29) is 29.5 Å². The predicted octanol–water partition coefficient (Wildman–Crippen LogP) is 0.343. The lowest BCUT2D eigenvalue weighted by atomic mass is 10.2. The lowest BCUT2D eigenvalue weighted by Crippen LogP contribution is -2.50.